The highest BCUT2D eigenvalue weighted by atomic mass is 32.2. The van der Waals surface area contributed by atoms with Crippen LogP contribution in [0.1, 0.15) is 40.7 Å². The lowest BCUT2D eigenvalue weighted by Gasteiger charge is -2.21. The molecule has 1 aliphatic heterocycles. The largest absolute Gasteiger partial charge is 0.348 e. The molecular weight excluding hydrogens is 268 g/mol. The molecule has 20 heavy (non-hydrogen) atoms. The first-order valence-corrected chi connectivity index (χ1v) is 8.73. The Balaban J connectivity index is 1.71. The predicted octanol–water partition coefficient (Wildman–Crippen LogP) is 2.35. The predicted molar refractivity (Wildman–Crippen MR) is 84.3 cm³/mol. The van der Waals surface area contributed by atoms with Gasteiger partial charge in [-0.2, -0.15) is 11.8 Å². The molecule has 2 aliphatic rings. The van der Waals surface area contributed by atoms with Gasteiger partial charge < -0.3 is 10.6 Å². The van der Waals surface area contributed by atoms with Gasteiger partial charge in [-0.15, -0.1) is 0 Å². The molecule has 2 unspecified atom stereocenters. The maximum atomic E-state index is 12.4. The van der Waals surface area contributed by atoms with Crippen LogP contribution < -0.4 is 10.6 Å². The van der Waals surface area contributed by atoms with E-state index in [2.05, 4.69) is 29.0 Å². The van der Waals surface area contributed by atoms with Crippen molar-refractivity contribution >= 4 is 17.7 Å². The third-order valence-electron chi connectivity index (χ3n) is 4.43. The molecule has 1 aliphatic carbocycles. The molecule has 0 aromatic heterocycles. The molecule has 108 valence electrons. The van der Waals surface area contributed by atoms with Crippen LogP contribution in [0.5, 0.6) is 0 Å². The van der Waals surface area contributed by atoms with Crippen molar-refractivity contribution in [3.8, 4) is 0 Å². The molecule has 4 heteroatoms. The van der Waals surface area contributed by atoms with Crippen molar-refractivity contribution in [1.29, 1.82) is 0 Å². The third kappa shape index (κ3) is 2.86. The van der Waals surface area contributed by atoms with Crippen LogP contribution in [0.3, 0.4) is 0 Å². The van der Waals surface area contributed by atoms with Crippen molar-refractivity contribution in [1.82, 2.24) is 10.6 Å². The molecular formula is C16H22N2OS. The molecule has 0 spiro atoms. The van der Waals surface area contributed by atoms with Gasteiger partial charge in [0.05, 0.1) is 0 Å². The summed E-state index contributed by atoms with van der Waals surface area (Å²) in [5, 5.41) is 7.17. The van der Waals surface area contributed by atoms with E-state index in [0.29, 0.717) is 11.3 Å². The molecule has 3 rings (SSSR count). The quantitative estimate of drug-likeness (QED) is 0.898. The Morgan fingerprint density at radius 2 is 2.25 bits per heavy atom. The van der Waals surface area contributed by atoms with Crippen molar-refractivity contribution in [2.75, 3.05) is 12.8 Å². The van der Waals surface area contributed by atoms with Crippen LogP contribution >= 0.6 is 11.8 Å². The van der Waals surface area contributed by atoms with Crippen LogP contribution in [-0.4, -0.2) is 30.0 Å². The van der Waals surface area contributed by atoms with Gasteiger partial charge in [-0.1, -0.05) is 12.5 Å². The monoisotopic (exact) mass is 290 g/mol. The van der Waals surface area contributed by atoms with E-state index in [1.54, 1.807) is 0 Å². The summed E-state index contributed by atoms with van der Waals surface area (Å²) in [6, 6.07) is 6.49. The molecule has 2 N–H and O–H groups in total. The summed E-state index contributed by atoms with van der Waals surface area (Å²) < 4.78 is 0. The third-order valence-corrected chi connectivity index (χ3v) is 5.60. The summed E-state index contributed by atoms with van der Waals surface area (Å²) in [6.07, 6.45) is 6.77. The molecule has 1 aromatic carbocycles. The van der Waals surface area contributed by atoms with Gasteiger partial charge in [0.25, 0.3) is 5.91 Å². The lowest BCUT2D eigenvalue weighted by molar-refractivity contribution is 0.0938. The minimum absolute atomic E-state index is 0.0873. The Bertz CT molecular complexity index is 503. The first kappa shape index (κ1) is 14.0. The highest BCUT2D eigenvalue weighted by Crippen LogP contribution is 2.28. The van der Waals surface area contributed by atoms with Gasteiger partial charge in [0.2, 0.25) is 0 Å². The molecule has 0 saturated heterocycles. The number of fused-ring (bicyclic) bond motifs is 1. The zero-order valence-corrected chi connectivity index (χ0v) is 12.8. The molecule has 1 fully saturated rings. The number of rotatable bonds is 3. The number of carbonyl (C=O) groups excluding carboxylic acids is 1. The summed E-state index contributed by atoms with van der Waals surface area (Å²) >= 11 is 1.88. The fraction of sp³-hybridized carbons (Fsp3) is 0.562. The highest BCUT2D eigenvalue weighted by molar-refractivity contribution is 7.99. The average Bonchev–Trinajstić information content (AvgIpc) is 2.94. The molecule has 1 aromatic rings. The molecule has 2 atom stereocenters. The van der Waals surface area contributed by atoms with Crippen LogP contribution in [0.4, 0.5) is 0 Å². The highest BCUT2D eigenvalue weighted by Gasteiger charge is 2.28. The molecule has 1 amide bonds. The van der Waals surface area contributed by atoms with Crippen molar-refractivity contribution in [3.63, 3.8) is 0 Å². The van der Waals surface area contributed by atoms with E-state index in [1.807, 2.05) is 17.8 Å². The van der Waals surface area contributed by atoms with Crippen LogP contribution in [0, 0.1) is 0 Å². The summed E-state index contributed by atoms with van der Waals surface area (Å²) in [7, 11) is 0. The topological polar surface area (TPSA) is 41.1 Å². The zero-order valence-electron chi connectivity index (χ0n) is 11.9. The second kappa shape index (κ2) is 6.19. The number of amides is 1. The number of thioether (sulfide) groups is 1. The molecule has 0 bridgehead atoms. The van der Waals surface area contributed by atoms with Gasteiger partial charge >= 0.3 is 0 Å². The smallest absolute Gasteiger partial charge is 0.251 e. The van der Waals surface area contributed by atoms with Crippen LogP contribution in [0.2, 0.25) is 0 Å². The number of nitrogens with one attached hydrogen (secondary N) is 2. The first-order chi connectivity index (χ1) is 9.78. The first-order valence-electron chi connectivity index (χ1n) is 7.44. The molecule has 0 radical (unpaired) electrons. The minimum Gasteiger partial charge on any atom is -0.348 e. The Morgan fingerprint density at radius 3 is 3.10 bits per heavy atom. The average molecular weight is 290 g/mol. The maximum Gasteiger partial charge on any atom is 0.251 e. The van der Waals surface area contributed by atoms with E-state index < -0.39 is 0 Å². The fourth-order valence-electron chi connectivity index (χ4n) is 3.25. The van der Waals surface area contributed by atoms with Crippen LogP contribution in [0.25, 0.3) is 0 Å². The van der Waals surface area contributed by atoms with Crippen LogP contribution in [-0.2, 0) is 13.0 Å². The lowest BCUT2D eigenvalue weighted by Crippen LogP contribution is -2.38. The van der Waals surface area contributed by atoms with E-state index >= 15 is 0 Å². The second-order valence-electron chi connectivity index (χ2n) is 5.70. The van der Waals surface area contributed by atoms with E-state index in [-0.39, 0.29) is 5.91 Å². The van der Waals surface area contributed by atoms with E-state index in [4.69, 9.17) is 0 Å². The Kier molecular flexibility index (Phi) is 4.32. The van der Waals surface area contributed by atoms with Gasteiger partial charge in [-0.05, 0) is 55.3 Å². The number of hydrogen-bond donors (Lipinski definition) is 2. The molecule has 1 saturated carbocycles. The molecule has 3 nitrogen and oxygen atoms in total. The fourth-order valence-corrected chi connectivity index (χ4v) is 4.18. The Labute approximate surface area is 124 Å². The van der Waals surface area contributed by atoms with Gasteiger partial charge in [0.15, 0.2) is 0 Å². The summed E-state index contributed by atoms with van der Waals surface area (Å²) in [4.78, 5) is 12.4. The Hall–Kier alpha value is -1.00. The molecule has 1 heterocycles. The number of benzene rings is 1. The Morgan fingerprint density at radius 1 is 1.35 bits per heavy atom. The van der Waals surface area contributed by atoms with E-state index in [0.717, 1.165) is 31.5 Å². The second-order valence-corrected chi connectivity index (χ2v) is 6.77. The van der Waals surface area contributed by atoms with Gasteiger partial charge in [0, 0.05) is 23.4 Å². The number of carbonyl (C=O) groups is 1. The van der Waals surface area contributed by atoms with Gasteiger partial charge in [-0.3, -0.25) is 4.79 Å². The lowest BCUT2D eigenvalue weighted by atomic mass is 9.98. The maximum absolute atomic E-state index is 12.4. The van der Waals surface area contributed by atoms with E-state index in [9.17, 15) is 4.79 Å². The SMILES string of the molecule is CSC1CCCC1NC(=O)c1ccc2c(c1)CNCC2. The van der Waals surface area contributed by atoms with Crippen molar-refractivity contribution in [3.05, 3.63) is 34.9 Å². The van der Waals surface area contributed by atoms with Gasteiger partial charge in [0.1, 0.15) is 0 Å². The summed E-state index contributed by atoms with van der Waals surface area (Å²) in [5.41, 5.74) is 3.46. The van der Waals surface area contributed by atoms with Crippen molar-refractivity contribution in [2.24, 2.45) is 0 Å². The summed E-state index contributed by atoms with van der Waals surface area (Å²) in [6.45, 7) is 1.92. The minimum atomic E-state index is 0.0873. The van der Waals surface area contributed by atoms with E-state index in [1.165, 1.54) is 24.0 Å². The summed E-state index contributed by atoms with van der Waals surface area (Å²) in [5.74, 6) is 0.0873. The van der Waals surface area contributed by atoms with Crippen molar-refractivity contribution < 1.29 is 4.79 Å². The zero-order chi connectivity index (χ0) is 13.9. The standard InChI is InChI=1S/C16H22N2OS/c1-20-15-4-2-3-14(15)18-16(19)12-6-5-11-7-8-17-10-13(11)9-12/h5-6,9,14-15,17H,2-4,7-8,10H2,1H3,(H,18,19). The van der Waals surface area contributed by atoms with Gasteiger partial charge in [-0.25, -0.2) is 0 Å². The number of hydrogen-bond acceptors (Lipinski definition) is 3. The van der Waals surface area contributed by atoms with Crippen molar-refractivity contribution in [2.45, 2.75) is 43.5 Å². The van der Waals surface area contributed by atoms with Crippen LogP contribution in [0.15, 0.2) is 18.2 Å². The normalized spacial score (nSPS) is 25.2.